The van der Waals surface area contributed by atoms with Gasteiger partial charge < -0.3 is 14.5 Å². The third kappa shape index (κ3) is 2.58. The van der Waals surface area contributed by atoms with Gasteiger partial charge in [0.15, 0.2) is 6.29 Å². The minimum atomic E-state index is 0.703. The van der Waals surface area contributed by atoms with Gasteiger partial charge in [0.2, 0.25) is 0 Å². The van der Waals surface area contributed by atoms with Crippen LogP contribution in [0.15, 0.2) is 18.2 Å². The van der Waals surface area contributed by atoms with Crippen molar-refractivity contribution in [1.82, 2.24) is 4.90 Å². The molecule has 0 N–H and O–H groups in total. The van der Waals surface area contributed by atoms with Crippen LogP contribution in [0.2, 0.25) is 0 Å². The minimum Gasteiger partial charge on any atom is -0.497 e. The lowest BCUT2D eigenvalue weighted by atomic mass is 10.1. The van der Waals surface area contributed by atoms with Crippen LogP contribution in [0, 0.1) is 0 Å². The first kappa shape index (κ1) is 11.9. The van der Waals surface area contributed by atoms with E-state index in [1.807, 2.05) is 12.1 Å². The highest BCUT2D eigenvalue weighted by molar-refractivity contribution is 5.85. The first-order chi connectivity index (χ1) is 8.24. The Bertz CT molecular complexity index is 398. The number of rotatable bonds is 3. The zero-order valence-corrected chi connectivity index (χ0v) is 10.3. The quantitative estimate of drug-likeness (QED) is 0.737. The van der Waals surface area contributed by atoms with Crippen molar-refractivity contribution in [2.45, 2.75) is 0 Å². The summed E-state index contributed by atoms with van der Waals surface area (Å²) in [6.45, 7) is 3.99. The Morgan fingerprint density at radius 2 is 1.94 bits per heavy atom. The number of carbonyl (C=O) groups excluding carboxylic acids is 1. The van der Waals surface area contributed by atoms with Crippen molar-refractivity contribution >= 4 is 12.0 Å². The standard InChI is InChI=1S/C13H18N2O2/c1-14-5-7-15(8-6-14)13-4-3-12(17-2)9-11(13)10-16/h3-4,9-10H,5-8H2,1-2H3. The second kappa shape index (κ2) is 5.19. The summed E-state index contributed by atoms with van der Waals surface area (Å²) in [6, 6.07) is 5.66. The van der Waals surface area contributed by atoms with Crippen molar-refractivity contribution in [2.75, 3.05) is 45.2 Å². The molecule has 17 heavy (non-hydrogen) atoms. The third-order valence-corrected chi connectivity index (χ3v) is 3.21. The average molecular weight is 234 g/mol. The van der Waals surface area contributed by atoms with E-state index in [0.717, 1.165) is 43.9 Å². The van der Waals surface area contributed by atoms with Crippen molar-refractivity contribution in [2.24, 2.45) is 0 Å². The van der Waals surface area contributed by atoms with Crippen LogP contribution in [0.1, 0.15) is 10.4 Å². The van der Waals surface area contributed by atoms with Crippen molar-refractivity contribution < 1.29 is 9.53 Å². The number of anilines is 1. The van der Waals surface area contributed by atoms with E-state index in [1.165, 1.54) is 0 Å². The third-order valence-electron chi connectivity index (χ3n) is 3.21. The van der Waals surface area contributed by atoms with Gasteiger partial charge in [0, 0.05) is 37.4 Å². The van der Waals surface area contributed by atoms with Crippen LogP contribution in [-0.2, 0) is 0 Å². The summed E-state index contributed by atoms with van der Waals surface area (Å²) in [5.74, 6) is 0.727. The molecule has 0 bridgehead atoms. The summed E-state index contributed by atoms with van der Waals surface area (Å²) in [7, 11) is 3.73. The molecule has 4 nitrogen and oxygen atoms in total. The first-order valence-electron chi connectivity index (χ1n) is 5.81. The van der Waals surface area contributed by atoms with E-state index in [0.29, 0.717) is 5.56 Å². The van der Waals surface area contributed by atoms with Crippen LogP contribution >= 0.6 is 0 Å². The summed E-state index contributed by atoms with van der Waals surface area (Å²) < 4.78 is 5.13. The molecule has 1 aromatic carbocycles. The summed E-state index contributed by atoms with van der Waals surface area (Å²) in [5.41, 5.74) is 1.71. The lowest BCUT2D eigenvalue weighted by molar-refractivity contribution is 0.112. The number of aldehydes is 1. The van der Waals surface area contributed by atoms with Gasteiger partial charge in [0.25, 0.3) is 0 Å². The highest BCUT2D eigenvalue weighted by Gasteiger charge is 2.17. The Morgan fingerprint density at radius 1 is 1.24 bits per heavy atom. The molecule has 0 radical (unpaired) electrons. The second-order valence-corrected chi connectivity index (χ2v) is 4.33. The topological polar surface area (TPSA) is 32.8 Å². The number of piperazine rings is 1. The Balaban J connectivity index is 2.22. The zero-order chi connectivity index (χ0) is 12.3. The van der Waals surface area contributed by atoms with Crippen LogP contribution in [0.25, 0.3) is 0 Å². The van der Waals surface area contributed by atoms with E-state index < -0.39 is 0 Å². The van der Waals surface area contributed by atoms with Crippen molar-refractivity contribution in [3.05, 3.63) is 23.8 Å². The Labute approximate surface area is 102 Å². The van der Waals surface area contributed by atoms with Gasteiger partial charge in [-0.15, -0.1) is 0 Å². The molecule has 1 aromatic rings. The van der Waals surface area contributed by atoms with E-state index >= 15 is 0 Å². The molecule has 4 heteroatoms. The number of methoxy groups -OCH3 is 1. The van der Waals surface area contributed by atoms with Crippen molar-refractivity contribution in [1.29, 1.82) is 0 Å². The minimum absolute atomic E-state index is 0.703. The van der Waals surface area contributed by atoms with E-state index in [2.05, 4.69) is 16.8 Å². The lowest BCUT2D eigenvalue weighted by Crippen LogP contribution is -2.44. The maximum absolute atomic E-state index is 11.1. The van der Waals surface area contributed by atoms with Gasteiger partial charge in [0.05, 0.1) is 7.11 Å². The van der Waals surface area contributed by atoms with Crippen LogP contribution in [0.3, 0.4) is 0 Å². The molecular formula is C13H18N2O2. The normalized spacial score (nSPS) is 16.9. The Hall–Kier alpha value is -1.55. The molecule has 0 saturated carbocycles. The summed E-state index contributed by atoms with van der Waals surface area (Å²) in [5, 5.41) is 0. The molecule has 0 aromatic heterocycles. The number of likely N-dealkylation sites (N-methyl/N-ethyl adjacent to an activating group) is 1. The van der Waals surface area contributed by atoms with Gasteiger partial charge in [-0.2, -0.15) is 0 Å². The molecule has 0 unspecified atom stereocenters. The molecule has 1 aliphatic heterocycles. The van der Waals surface area contributed by atoms with Gasteiger partial charge in [0.1, 0.15) is 5.75 Å². The Morgan fingerprint density at radius 3 is 2.53 bits per heavy atom. The fraction of sp³-hybridized carbons (Fsp3) is 0.462. The van der Waals surface area contributed by atoms with E-state index in [1.54, 1.807) is 13.2 Å². The molecule has 0 atom stereocenters. The van der Waals surface area contributed by atoms with Crippen LogP contribution < -0.4 is 9.64 Å². The molecule has 1 fully saturated rings. The van der Waals surface area contributed by atoms with Gasteiger partial charge in [-0.05, 0) is 25.2 Å². The largest absolute Gasteiger partial charge is 0.497 e. The van der Waals surface area contributed by atoms with Gasteiger partial charge in [-0.25, -0.2) is 0 Å². The maximum atomic E-state index is 11.1. The fourth-order valence-corrected chi connectivity index (χ4v) is 2.09. The number of benzene rings is 1. The fourth-order valence-electron chi connectivity index (χ4n) is 2.09. The lowest BCUT2D eigenvalue weighted by Gasteiger charge is -2.34. The number of ether oxygens (including phenoxy) is 1. The Kier molecular flexibility index (Phi) is 3.64. The molecule has 1 saturated heterocycles. The highest BCUT2D eigenvalue weighted by Crippen LogP contribution is 2.24. The predicted molar refractivity (Wildman–Crippen MR) is 68.1 cm³/mol. The molecule has 0 amide bonds. The zero-order valence-electron chi connectivity index (χ0n) is 10.3. The number of hydrogen-bond acceptors (Lipinski definition) is 4. The summed E-state index contributed by atoms with van der Waals surface area (Å²) >= 11 is 0. The molecule has 2 rings (SSSR count). The summed E-state index contributed by atoms with van der Waals surface area (Å²) in [4.78, 5) is 15.7. The van der Waals surface area contributed by atoms with Crippen molar-refractivity contribution in [3.8, 4) is 5.75 Å². The van der Waals surface area contributed by atoms with Crippen molar-refractivity contribution in [3.63, 3.8) is 0 Å². The van der Waals surface area contributed by atoms with E-state index in [-0.39, 0.29) is 0 Å². The van der Waals surface area contributed by atoms with Crippen LogP contribution in [0.5, 0.6) is 5.75 Å². The monoisotopic (exact) mass is 234 g/mol. The summed E-state index contributed by atoms with van der Waals surface area (Å²) in [6.07, 6.45) is 0.899. The van der Waals surface area contributed by atoms with E-state index in [9.17, 15) is 4.79 Å². The van der Waals surface area contributed by atoms with Gasteiger partial charge >= 0.3 is 0 Å². The number of hydrogen-bond donors (Lipinski definition) is 0. The molecular weight excluding hydrogens is 216 g/mol. The highest BCUT2D eigenvalue weighted by atomic mass is 16.5. The molecule has 1 aliphatic rings. The first-order valence-corrected chi connectivity index (χ1v) is 5.81. The maximum Gasteiger partial charge on any atom is 0.152 e. The number of carbonyl (C=O) groups is 1. The second-order valence-electron chi connectivity index (χ2n) is 4.33. The van der Waals surface area contributed by atoms with Crippen LogP contribution in [0.4, 0.5) is 5.69 Å². The molecule has 0 aliphatic carbocycles. The average Bonchev–Trinajstić information content (AvgIpc) is 2.39. The van der Waals surface area contributed by atoms with Gasteiger partial charge in [-0.1, -0.05) is 0 Å². The SMILES string of the molecule is COc1ccc(N2CCN(C)CC2)c(C=O)c1. The smallest absolute Gasteiger partial charge is 0.152 e. The van der Waals surface area contributed by atoms with Gasteiger partial charge in [-0.3, -0.25) is 4.79 Å². The molecule has 1 heterocycles. The van der Waals surface area contributed by atoms with Crippen LogP contribution in [-0.4, -0.2) is 51.5 Å². The van der Waals surface area contributed by atoms with E-state index in [4.69, 9.17) is 4.74 Å². The molecule has 0 spiro atoms. The number of nitrogens with zero attached hydrogens (tertiary/aromatic N) is 2. The predicted octanol–water partition coefficient (Wildman–Crippen LogP) is 1.26. The molecule has 92 valence electrons.